The van der Waals surface area contributed by atoms with Crippen LogP contribution in [0, 0.1) is 6.92 Å². The molecular weight excluding hydrogens is 266 g/mol. The maximum atomic E-state index is 12.5. The van der Waals surface area contributed by atoms with Crippen molar-refractivity contribution in [3.63, 3.8) is 0 Å². The summed E-state index contributed by atoms with van der Waals surface area (Å²) in [6.07, 6.45) is 0. The molecule has 2 aromatic rings. The Hall–Kier alpha value is -2.53. The lowest BCUT2D eigenvalue weighted by atomic mass is 10.1. The highest BCUT2D eigenvalue weighted by Gasteiger charge is 2.14. The normalized spacial score (nSPS) is 10.1. The molecule has 0 aliphatic rings. The molecule has 2 rings (SSSR count). The van der Waals surface area contributed by atoms with Gasteiger partial charge in [0, 0.05) is 18.3 Å². The molecule has 5 nitrogen and oxygen atoms in total. The summed E-state index contributed by atoms with van der Waals surface area (Å²) >= 11 is 0. The number of hydrogen-bond donors (Lipinski definition) is 2. The minimum Gasteiger partial charge on any atom is -0.497 e. The van der Waals surface area contributed by atoms with Crippen LogP contribution in [0.1, 0.15) is 15.9 Å². The van der Waals surface area contributed by atoms with Gasteiger partial charge >= 0.3 is 0 Å². The molecule has 0 saturated carbocycles. The van der Waals surface area contributed by atoms with Gasteiger partial charge in [-0.2, -0.15) is 0 Å². The molecule has 0 atom stereocenters. The van der Waals surface area contributed by atoms with Crippen molar-refractivity contribution in [1.82, 2.24) is 0 Å². The highest BCUT2D eigenvalue weighted by Crippen LogP contribution is 2.21. The molecule has 21 heavy (non-hydrogen) atoms. The summed E-state index contributed by atoms with van der Waals surface area (Å²) in [5.41, 5.74) is 5.74. The minimum absolute atomic E-state index is 0.0770. The van der Waals surface area contributed by atoms with Crippen LogP contribution in [0.2, 0.25) is 0 Å². The van der Waals surface area contributed by atoms with Gasteiger partial charge in [0.2, 0.25) is 0 Å². The Balaban J connectivity index is 2.23. The summed E-state index contributed by atoms with van der Waals surface area (Å²) in [5, 5.41) is 0. The Labute approximate surface area is 124 Å². The van der Waals surface area contributed by atoms with Crippen molar-refractivity contribution >= 4 is 17.3 Å². The van der Waals surface area contributed by atoms with Gasteiger partial charge in [-0.15, -0.1) is 0 Å². The number of hydrogen-bond acceptors (Lipinski definition) is 4. The molecule has 0 heterocycles. The zero-order chi connectivity index (χ0) is 15.4. The first-order chi connectivity index (χ1) is 10.1. The minimum atomic E-state index is -0.0770. The van der Waals surface area contributed by atoms with E-state index in [1.165, 1.54) is 0 Å². The van der Waals surface area contributed by atoms with Crippen LogP contribution in [0.3, 0.4) is 0 Å². The summed E-state index contributed by atoms with van der Waals surface area (Å²) in [5.74, 6) is 6.08. The van der Waals surface area contributed by atoms with Gasteiger partial charge < -0.3 is 15.1 Å². The Kier molecular flexibility index (Phi) is 4.45. The summed E-state index contributed by atoms with van der Waals surface area (Å²) in [6, 6.07) is 12.7. The van der Waals surface area contributed by atoms with Crippen molar-refractivity contribution in [3.05, 3.63) is 53.6 Å². The van der Waals surface area contributed by atoms with Gasteiger partial charge in [0.1, 0.15) is 5.75 Å². The fraction of sp³-hybridized carbons (Fsp3) is 0.188. The maximum absolute atomic E-state index is 12.5. The van der Waals surface area contributed by atoms with Crippen molar-refractivity contribution < 1.29 is 9.53 Å². The van der Waals surface area contributed by atoms with Crippen molar-refractivity contribution in [2.24, 2.45) is 5.84 Å². The average Bonchev–Trinajstić information content (AvgIpc) is 2.53. The van der Waals surface area contributed by atoms with Crippen LogP contribution in [-0.4, -0.2) is 20.1 Å². The van der Waals surface area contributed by atoms with Crippen LogP contribution in [0.15, 0.2) is 42.5 Å². The first-order valence-electron chi connectivity index (χ1n) is 6.56. The second-order valence-corrected chi connectivity index (χ2v) is 4.74. The molecule has 0 fully saturated rings. The van der Waals surface area contributed by atoms with E-state index < -0.39 is 0 Å². The van der Waals surface area contributed by atoms with Crippen LogP contribution in [0.4, 0.5) is 11.4 Å². The van der Waals surface area contributed by atoms with Gasteiger partial charge in [0.15, 0.2) is 0 Å². The Morgan fingerprint density at radius 2 is 1.86 bits per heavy atom. The van der Waals surface area contributed by atoms with Gasteiger partial charge in [-0.1, -0.05) is 0 Å². The van der Waals surface area contributed by atoms with Crippen LogP contribution >= 0.6 is 0 Å². The summed E-state index contributed by atoms with van der Waals surface area (Å²) in [6.45, 7) is 1.90. The van der Waals surface area contributed by atoms with E-state index in [0.717, 1.165) is 22.7 Å². The third-order valence-electron chi connectivity index (χ3n) is 3.39. The van der Waals surface area contributed by atoms with Gasteiger partial charge in [-0.25, -0.2) is 0 Å². The Bertz CT molecular complexity index is 638. The number of hydrazine groups is 1. The number of aryl methyl sites for hydroxylation is 1. The molecule has 0 unspecified atom stereocenters. The molecule has 0 bridgehead atoms. The third kappa shape index (κ3) is 3.14. The predicted molar refractivity (Wildman–Crippen MR) is 84.7 cm³/mol. The molecule has 0 saturated heterocycles. The van der Waals surface area contributed by atoms with E-state index in [2.05, 4.69) is 5.43 Å². The van der Waals surface area contributed by atoms with Crippen LogP contribution in [-0.2, 0) is 0 Å². The smallest absolute Gasteiger partial charge is 0.258 e. The fourth-order valence-corrected chi connectivity index (χ4v) is 2.08. The molecule has 0 aliphatic heterocycles. The lowest BCUT2D eigenvalue weighted by Gasteiger charge is -2.18. The van der Waals surface area contributed by atoms with Crippen LogP contribution in [0.5, 0.6) is 5.75 Å². The predicted octanol–water partition coefficient (Wildman–Crippen LogP) is 2.57. The summed E-state index contributed by atoms with van der Waals surface area (Å²) < 4.78 is 5.11. The molecule has 2 aromatic carbocycles. The topological polar surface area (TPSA) is 67.6 Å². The zero-order valence-electron chi connectivity index (χ0n) is 12.4. The first kappa shape index (κ1) is 14.9. The van der Waals surface area contributed by atoms with Gasteiger partial charge in [-0.05, 0) is 55.0 Å². The number of nitrogen functional groups attached to an aromatic ring is 1. The average molecular weight is 285 g/mol. The van der Waals surface area contributed by atoms with Crippen LogP contribution in [0.25, 0.3) is 0 Å². The Morgan fingerprint density at radius 1 is 1.19 bits per heavy atom. The fourth-order valence-electron chi connectivity index (χ4n) is 2.08. The molecule has 0 aliphatic carbocycles. The lowest BCUT2D eigenvalue weighted by molar-refractivity contribution is 0.0993. The Morgan fingerprint density at radius 3 is 2.38 bits per heavy atom. The number of nitrogens with zero attached hydrogens (tertiary/aromatic N) is 1. The van der Waals surface area contributed by atoms with Crippen molar-refractivity contribution in [1.29, 1.82) is 0 Å². The highest BCUT2D eigenvalue weighted by atomic mass is 16.5. The number of anilines is 2. The van der Waals surface area contributed by atoms with E-state index >= 15 is 0 Å². The molecule has 0 radical (unpaired) electrons. The number of carbonyl (C=O) groups is 1. The van der Waals surface area contributed by atoms with E-state index in [1.54, 1.807) is 31.2 Å². The second-order valence-electron chi connectivity index (χ2n) is 4.74. The zero-order valence-corrected chi connectivity index (χ0v) is 12.4. The molecule has 0 aromatic heterocycles. The van der Waals surface area contributed by atoms with Crippen molar-refractivity contribution in [2.75, 3.05) is 24.5 Å². The molecule has 0 spiro atoms. The summed E-state index contributed by atoms with van der Waals surface area (Å²) in [7, 11) is 3.36. The quantitative estimate of drug-likeness (QED) is 0.669. The molecule has 110 valence electrons. The van der Waals surface area contributed by atoms with Crippen molar-refractivity contribution in [3.8, 4) is 5.75 Å². The standard InChI is InChI=1S/C16H19N3O2/c1-11-10-12(4-9-15(11)18-17)16(20)19(2)13-5-7-14(21-3)8-6-13/h4-10,18H,17H2,1-3H3. The number of methoxy groups -OCH3 is 1. The molecule has 5 heteroatoms. The van der Waals surface area contributed by atoms with E-state index in [-0.39, 0.29) is 5.91 Å². The number of nitrogens with two attached hydrogens (primary N) is 1. The van der Waals surface area contributed by atoms with E-state index in [4.69, 9.17) is 10.6 Å². The van der Waals surface area contributed by atoms with Crippen LogP contribution < -0.4 is 20.9 Å². The second kappa shape index (κ2) is 6.28. The number of ether oxygens (including phenoxy) is 1. The lowest BCUT2D eigenvalue weighted by Crippen LogP contribution is -2.26. The van der Waals surface area contributed by atoms with E-state index in [1.807, 2.05) is 37.3 Å². The number of nitrogens with one attached hydrogen (secondary N) is 1. The molecular formula is C16H19N3O2. The monoisotopic (exact) mass is 285 g/mol. The highest BCUT2D eigenvalue weighted by molar-refractivity contribution is 6.06. The van der Waals surface area contributed by atoms with Gasteiger partial charge in [0.05, 0.1) is 12.8 Å². The number of carbonyl (C=O) groups excluding carboxylic acids is 1. The summed E-state index contributed by atoms with van der Waals surface area (Å²) in [4.78, 5) is 14.1. The maximum Gasteiger partial charge on any atom is 0.258 e. The molecule has 3 N–H and O–H groups in total. The van der Waals surface area contributed by atoms with Crippen molar-refractivity contribution in [2.45, 2.75) is 6.92 Å². The van der Waals surface area contributed by atoms with Gasteiger partial charge in [-0.3, -0.25) is 10.6 Å². The van der Waals surface area contributed by atoms with E-state index in [9.17, 15) is 4.79 Å². The number of benzene rings is 2. The molecule has 1 amide bonds. The number of rotatable bonds is 4. The SMILES string of the molecule is COc1ccc(N(C)C(=O)c2ccc(NN)c(C)c2)cc1. The third-order valence-corrected chi connectivity index (χ3v) is 3.39. The van der Waals surface area contributed by atoms with E-state index in [0.29, 0.717) is 5.56 Å². The number of amides is 1. The largest absolute Gasteiger partial charge is 0.497 e. The van der Waals surface area contributed by atoms with Gasteiger partial charge in [0.25, 0.3) is 5.91 Å². The first-order valence-corrected chi connectivity index (χ1v) is 6.56.